The van der Waals surface area contributed by atoms with Gasteiger partial charge in [0.2, 0.25) is 0 Å². The molecule has 5 heteroatoms. The van der Waals surface area contributed by atoms with E-state index in [2.05, 4.69) is 10.2 Å². The van der Waals surface area contributed by atoms with Gasteiger partial charge in [0.1, 0.15) is 17.2 Å². The summed E-state index contributed by atoms with van der Waals surface area (Å²) in [5.74, 6) is 0.709. The van der Waals surface area contributed by atoms with Crippen LogP contribution in [-0.2, 0) is 6.61 Å². The van der Waals surface area contributed by atoms with Crippen molar-refractivity contribution in [1.29, 1.82) is 0 Å². The van der Waals surface area contributed by atoms with Crippen LogP contribution in [0.1, 0.15) is 12.5 Å². The lowest BCUT2D eigenvalue weighted by atomic mass is 10.2. The molecule has 5 nitrogen and oxygen atoms in total. The molecule has 2 rings (SSSR count). The number of para-hydroxylation sites is 1. The fraction of sp³-hybridized carbons (Fsp3) is 0.200. The van der Waals surface area contributed by atoms with E-state index in [1.54, 1.807) is 12.1 Å². The Balaban J connectivity index is 2.25. The second-order valence-corrected chi connectivity index (χ2v) is 4.07. The molecular formula is C15H16N2O3. The molecule has 0 saturated heterocycles. The molecule has 0 amide bonds. The zero-order valence-electron chi connectivity index (χ0n) is 11.2. The minimum Gasteiger partial charge on any atom is -0.508 e. The molecule has 20 heavy (non-hydrogen) atoms. The lowest BCUT2D eigenvalue weighted by Gasteiger charge is -2.05. The number of benzene rings is 2. The van der Waals surface area contributed by atoms with Gasteiger partial charge in [0, 0.05) is 5.56 Å². The minimum atomic E-state index is -0.245. The van der Waals surface area contributed by atoms with Crippen LogP contribution in [0.25, 0.3) is 0 Å². The first kappa shape index (κ1) is 14.0. The molecule has 2 N–H and O–H groups in total. The molecule has 2 aromatic rings. The average Bonchev–Trinajstić information content (AvgIpc) is 2.48. The Morgan fingerprint density at radius 3 is 2.65 bits per heavy atom. The number of azo groups is 1. The van der Waals surface area contributed by atoms with E-state index in [1.807, 2.05) is 31.2 Å². The second kappa shape index (κ2) is 6.68. The van der Waals surface area contributed by atoms with E-state index in [-0.39, 0.29) is 12.4 Å². The van der Waals surface area contributed by atoms with E-state index in [4.69, 9.17) is 9.84 Å². The van der Waals surface area contributed by atoms with Crippen molar-refractivity contribution in [3.05, 3.63) is 48.0 Å². The monoisotopic (exact) mass is 272 g/mol. The molecule has 0 aliphatic rings. The Kier molecular flexibility index (Phi) is 4.68. The van der Waals surface area contributed by atoms with Gasteiger partial charge in [-0.1, -0.05) is 12.1 Å². The Hall–Kier alpha value is -2.40. The molecule has 0 aliphatic carbocycles. The van der Waals surface area contributed by atoms with Crippen molar-refractivity contribution in [2.45, 2.75) is 13.5 Å². The molecule has 0 aromatic heterocycles. The summed E-state index contributed by atoms with van der Waals surface area (Å²) in [4.78, 5) is 0. The molecule has 0 atom stereocenters. The summed E-state index contributed by atoms with van der Waals surface area (Å²) in [6.45, 7) is 2.21. The van der Waals surface area contributed by atoms with Gasteiger partial charge in [0.15, 0.2) is 0 Å². The topological polar surface area (TPSA) is 74.4 Å². The predicted octanol–water partition coefficient (Wildman–Crippen LogP) is 3.70. The van der Waals surface area contributed by atoms with Crippen LogP contribution in [-0.4, -0.2) is 16.8 Å². The first-order valence-corrected chi connectivity index (χ1v) is 6.31. The van der Waals surface area contributed by atoms with Gasteiger partial charge < -0.3 is 14.9 Å². The van der Waals surface area contributed by atoms with E-state index >= 15 is 0 Å². The zero-order chi connectivity index (χ0) is 14.4. The number of aliphatic hydroxyl groups is 1. The normalized spacial score (nSPS) is 10.9. The van der Waals surface area contributed by atoms with Crippen molar-refractivity contribution in [2.75, 3.05) is 6.61 Å². The SMILES string of the molecule is CCOc1ccccc1/N=N/c1ccc(O)c(CO)c1. The number of hydrogen-bond donors (Lipinski definition) is 2. The highest BCUT2D eigenvalue weighted by Gasteiger charge is 2.03. The Bertz CT molecular complexity index is 612. The summed E-state index contributed by atoms with van der Waals surface area (Å²) in [7, 11) is 0. The Labute approximate surface area is 117 Å². The molecule has 0 spiro atoms. The second-order valence-electron chi connectivity index (χ2n) is 4.07. The number of ether oxygens (including phenoxy) is 1. The summed E-state index contributed by atoms with van der Waals surface area (Å²) in [5, 5.41) is 26.8. The van der Waals surface area contributed by atoms with Crippen LogP contribution in [0.3, 0.4) is 0 Å². The number of nitrogens with zero attached hydrogens (tertiary/aromatic N) is 2. The number of rotatable bonds is 5. The quantitative estimate of drug-likeness (QED) is 0.815. The maximum Gasteiger partial charge on any atom is 0.146 e. The van der Waals surface area contributed by atoms with Crippen molar-refractivity contribution < 1.29 is 14.9 Å². The molecule has 0 fully saturated rings. The van der Waals surface area contributed by atoms with E-state index in [0.717, 1.165) is 0 Å². The van der Waals surface area contributed by atoms with Crippen LogP contribution in [0.15, 0.2) is 52.7 Å². The van der Waals surface area contributed by atoms with Gasteiger partial charge in [-0.3, -0.25) is 0 Å². The molecular weight excluding hydrogens is 256 g/mol. The minimum absolute atomic E-state index is 0.0427. The summed E-state index contributed by atoms with van der Waals surface area (Å²) in [6, 6.07) is 12.1. The van der Waals surface area contributed by atoms with Gasteiger partial charge in [-0.15, -0.1) is 5.11 Å². The molecule has 0 heterocycles. The van der Waals surface area contributed by atoms with Crippen LogP contribution in [0.4, 0.5) is 11.4 Å². The van der Waals surface area contributed by atoms with Crippen LogP contribution < -0.4 is 4.74 Å². The van der Waals surface area contributed by atoms with Gasteiger partial charge in [0.25, 0.3) is 0 Å². The number of aliphatic hydroxyl groups excluding tert-OH is 1. The summed E-state index contributed by atoms with van der Waals surface area (Å²) in [5.41, 5.74) is 1.60. The molecule has 2 aromatic carbocycles. The van der Waals surface area contributed by atoms with Gasteiger partial charge in [0.05, 0.1) is 18.9 Å². The van der Waals surface area contributed by atoms with E-state index in [9.17, 15) is 5.11 Å². The van der Waals surface area contributed by atoms with Gasteiger partial charge >= 0.3 is 0 Å². The Morgan fingerprint density at radius 1 is 1.10 bits per heavy atom. The number of phenols is 1. The highest BCUT2D eigenvalue weighted by molar-refractivity contribution is 5.52. The van der Waals surface area contributed by atoms with Crippen LogP contribution >= 0.6 is 0 Å². The molecule has 0 saturated carbocycles. The molecule has 0 aliphatic heterocycles. The fourth-order valence-corrected chi connectivity index (χ4v) is 1.69. The highest BCUT2D eigenvalue weighted by Crippen LogP contribution is 2.30. The Morgan fingerprint density at radius 2 is 1.90 bits per heavy atom. The van der Waals surface area contributed by atoms with Crippen molar-refractivity contribution in [3.63, 3.8) is 0 Å². The average molecular weight is 272 g/mol. The lowest BCUT2D eigenvalue weighted by Crippen LogP contribution is -1.90. The van der Waals surface area contributed by atoms with Crippen molar-refractivity contribution in [2.24, 2.45) is 10.2 Å². The highest BCUT2D eigenvalue weighted by atomic mass is 16.5. The van der Waals surface area contributed by atoms with E-state index in [1.165, 1.54) is 6.07 Å². The molecule has 0 unspecified atom stereocenters. The summed E-state index contributed by atoms with van der Waals surface area (Å²) < 4.78 is 5.46. The fourth-order valence-electron chi connectivity index (χ4n) is 1.69. The standard InChI is InChI=1S/C15H16N2O3/c1-2-20-15-6-4-3-5-13(15)17-16-12-7-8-14(19)11(9-12)10-18/h3-9,18-19H,2,10H2,1H3/b17-16+. The first-order chi connectivity index (χ1) is 9.74. The molecule has 0 radical (unpaired) electrons. The van der Waals surface area contributed by atoms with Gasteiger partial charge in [-0.05, 0) is 37.3 Å². The van der Waals surface area contributed by atoms with Crippen molar-refractivity contribution in [3.8, 4) is 11.5 Å². The van der Waals surface area contributed by atoms with Crippen molar-refractivity contribution in [1.82, 2.24) is 0 Å². The summed E-state index contributed by atoms with van der Waals surface area (Å²) >= 11 is 0. The third-order valence-electron chi connectivity index (χ3n) is 2.67. The number of aromatic hydroxyl groups is 1. The van der Waals surface area contributed by atoms with Crippen LogP contribution in [0.2, 0.25) is 0 Å². The summed E-state index contributed by atoms with van der Waals surface area (Å²) in [6.07, 6.45) is 0. The lowest BCUT2D eigenvalue weighted by molar-refractivity contribution is 0.275. The van der Waals surface area contributed by atoms with E-state index < -0.39 is 0 Å². The zero-order valence-corrected chi connectivity index (χ0v) is 11.2. The van der Waals surface area contributed by atoms with Crippen LogP contribution in [0.5, 0.6) is 11.5 Å². The largest absolute Gasteiger partial charge is 0.508 e. The smallest absolute Gasteiger partial charge is 0.146 e. The third-order valence-corrected chi connectivity index (χ3v) is 2.67. The first-order valence-electron chi connectivity index (χ1n) is 6.31. The van der Waals surface area contributed by atoms with Crippen LogP contribution in [0, 0.1) is 0 Å². The maximum atomic E-state index is 9.48. The third kappa shape index (κ3) is 3.33. The molecule has 0 bridgehead atoms. The van der Waals surface area contributed by atoms with Gasteiger partial charge in [-0.25, -0.2) is 0 Å². The van der Waals surface area contributed by atoms with E-state index in [0.29, 0.717) is 29.3 Å². The van der Waals surface area contributed by atoms with Gasteiger partial charge in [-0.2, -0.15) is 5.11 Å². The van der Waals surface area contributed by atoms with Crippen molar-refractivity contribution >= 4 is 11.4 Å². The number of hydrogen-bond acceptors (Lipinski definition) is 5. The maximum absolute atomic E-state index is 9.48. The molecule has 104 valence electrons. The predicted molar refractivity (Wildman–Crippen MR) is 75.8 cm³/mol.